The van der Waals surface area contributed by atoms with Gasteiger partial charge in [0.2, 0.25) is 0 Å². The van der Waals surface area contributed by atoms with Crippen LogP contribution in [-0.4, -0.2) is 10.8 Å². The first-order valence-corrected chi connectivity index (χ1v) is 2.45. The summed E-state index contributed by atoms with van der Waals surface area (Å²) in [5.41, 5.74) is 0. The summed E-state index contributed by atoms with van der Waals surface area (Å²) in [5, 5.41) is 3.77. The fraction of sp³-hybridized carbons (Fsp3) is 0.500. The molecular formula is C2H6N2S2. The van der Waals surface area contributed by atoms with Crippen LogP contribution in [0.2, 0.25) is 0 Å². The van der Waals surface area contributed by atoms with Gasteiger partial charge in [-0.05, 0) is 0 Å². The van der Waals surface area contributed by atoms with Crippen molar-refractivity contribution in [1.29, 1.82) is 0 Å². The number of thiol groups is 2. The molecule has 0 fully saturated rings. The first kappa shape index (κ1) is 6.17. The molecule has 0 unspecified atom stereocenters. The molecule has 4 heteroatoms. The zero-order chi connectivity index (χ0) is 4.99. The lowest BCUT2D eigenvalue weighted by Crippen LogP contribution is -1.92. The lowest BCUT2D eigenvalue weighted by Gasteiger charge is -1.81. The highest BCUT2D eigenvalue weighted by molar-refractivity contribution is 7.99. The zero-order valence-corrected chi connectivity index (χ0v) is 4.91. The van der Waals surface area contributed by atoms with Gasteiger partial charge in [0.25, 0.3) is 0 Å². The molecule has 0 aromatic heterocycles. The number of hydrazone groups is 1. The van der Waals surface area contributed by atoms with Crippen molar-refractivity contribution >= 4 is 30.3 Å². The summed E-state index contributed by atoms with van der Waals surface area (Å²) >= 11 is 7.59. The van der Waals surface area contributed by atoms with E-state index in [0.29, 0.717) is 10.8 Å². The zero-order valence-electron chi connectivity index (χ0n) is 3.13. The highest BCUT2D eigenvalue weighted by Gasteiger charge is 1.78. The fourth-order valence-corrected chi connectivity index (χ4v) is 0.122. The molecule has 36 valence electrons. The molecule has 0 aromatic carbocycles. The summed E-state index contributed by atoms with van der Waals surface area (Å²) in [6.45, 7) is 0. The third-order valence-electron chi connectivity index (χ3n) is 0.290. The van der Waals surface area contributed by atoms with Crippen LogP contribution in [-0.2, 0) is 0 Å². The monoisotopic (exact) mass is 122 g/mol. The maximum atomic E-state index is 4.75. The molecule has 0 rings (SSSR count). The van der Waals surface area contributed by atoms with E-state index in [1.165, 1.54) is 0 Å². The molecular weight excluding hydrogens is 116 g/mol. The van der Waals surface area contributed by atoms with E-state index in [0.717, 1.165) is 0 Å². The summed E-state index contributed by atoms with van der Waals surface area (Å²) in [5.74, 6) is 5.26. The van der Waals surface area contributed by atoms with Crippen LogP contribution in [0.4, 0.5) is 0 Å². The molecule has 0 aromatic rings. The van der Waals surface area contributed by atoms with Crippen LogP contribution >= 0.6 is 25.3 Å². The van der Waals surface area contributed by atoms with Gasteiger partial charge in [0.15, 0.2) is 0 Å². The quantitative estimate of drug-likeness (QED) is 0.149. The molecule has 2 N–H and O–H groups in total. The third kappa shape index (κ3) is 2.41. The smallest absolute Gasteiger partial charge is 0.0994 e. The second-order valence-electron chi connectivity index (χ2n) is 0.703. The van der Waals surface area contributed by atoms with Crippen LogP contribution in [0.5, 0.6) is 0 Å². The molecule has 0 radical (unpaired) electrons. The minimum absolute atomic E-state index is 0.514. The van der Waals surface area contributed by atoms with E-state index in [-0.39, 0.29) is 0 Å². The largest absolute Gasteiger partial charge is 0.323 e. The average molecular weight is 122 g/mol. The predicted octanol–water partition coefficient (Wildman–Crippen LogP) is 0.118. The van der Waals surface area contributed by atoms with Crippen molar-refractivity contribution < 1.29 is 0 Å². The van der Waals surface area contributed by atoms with Crippen molar-refractivity contribution in [3.8, 4) is 0 Å². The highest BCUT2D eigenvalue weighted by Crippen LogP contribution is 1.82. The molecule has 0 heterocycles. The Balaban J connectivity index is 3.22. The van der Waals surface area contributed by atoms with Crippen LogP contribution < -0.4 is 5.84 Å². The topological polar surface area (TPSA) is 38.4 Å². The number of hydrogen-bond donors (Lipinski definition) is 3. The van der Waals surface area contributed by atoms with Crippen molar-refractivity contribution in [1.82, 2.24) is 0 Å². The van der Waals surface area contributed by atoms with Gasteiger partial charge < -0.3 is 5.84 Å². The minimum atomic E-state index is 0.514. The Labute approximate surface area is 47.6 Å². The van der Waals surface area contributed by atoms with Crippen LogP contribution in [0.25, 0.3) is 0 Å². The number of rotatable bonds is 1. The van der Waals surface area contributed by atoms with E-state index < -0.39 is 0 Å². The van der Waals surface area contributed by atoms with E-state index in [2.05, 4.69) is 30.4 Å². The van der Waals surface area contributed by atoms with Gasteiger partial charge in [0.1, 0.15) is 0 Å². The van der Waals surface area contributed by atoms with Gasteiger partial charge in [0, 0.05) is 5.75 Å². The molecule has 0 saturated heterocycles. The Kier molecular flexibility index (Phi) is 3.46. The van der Waals surface area contributed by atoms with Crippen LogP contribution in [0, 0.1) is 0 Å². The summed E-state index contributed by atoms with van der Waals surface area (Å²) in [7, 11) is 0. The van der Waals surface area contributed by atoms with Crippen molar-refractivity contribution in [3.05, 3.63) is 0 Å². The van der Waals surface area contributed by atoms with Gasteiger partial charge in [-0.1, -0.05) is 0 Å². The molecule has 0 aliphatic heterocycles. The third-order valence-corrected chi connectivity index (χ3v) is 1.11. The van der Waals surface area contributed by atoms with Crippen molar-refractivity contribution in [2.75, 3.05) is 5.75 Å². The van der Waals surface area contributed by atoms with Gasteiger partial charge in [-0.15, -0.1) is 12.6 Å². The molecule has 0 saturated carbocycles. The lowest BCUT2D eigenvalue weighted by atomic mass is 10.9. The van der Waals surface area contributed by atoms with Gasteiger partial charge in [-0.2, -0.15) is 17.7 Å². The Morgan fingerprint density at radius 2 is 2.33 bits per heavy atom. The van der Waals surface area contributed by atoms with E-state index in [1.54, 1.807) is 0 Å². The lowest BCUT2D eigenvalue weighted by molar-refractivity contribution is 1.26. The molecule has 0 amide bonds. The Morgan fingerprint density at radius 3 is 2.33 bits per heavy atom. The van der Waals surface area contributed by atoms with E-state index in [4.69, 9.17) is 5.84 Å². The van der Waals surface area contributed by atoms with Crippen LogP contribution in [0.3, 0.4) is 0 Å². The Bertz CT molecular complexity index is 60.6. The molecule has 0 aliphatic rings. The first-order valence-electron chi connectivity index (χ1n) is 1.38. The second kappa shape index (κ2) is 3.36. The SMILES string of the molecule is NN=C(S)CS. The van der Waals surface area contributed by atoms with Crippen LogP contribution in [0.1, 0.15) is 0 Å². The van der Waals surface area contributed by atoms with Gasteiger partial charge >= 0.3 is 0 Å². The standard InChI is InChI=1S/C2H6N2S2/c3-4-2(6)1-5/h5H,1,3H2,(H,4,6). The van der Waals surface area contributed by atoms with Crippen molar-refractivity contribution in [2.45, 2.75) is 0 Å². The summed E-state index contributed by atoms with van der Waals surface area (Å²) < 4.78 is 0. The summed E-state index contributed by atoms with van der Waals surface area (Å²) in [6, 6.07) is 0. The Hall–Kier alpha value is 0.170. The van der Waals surface area contributed by atoms with E-state index in [9.17, 15) is 0 Å². The highest BCUT2D eigenvalue weighted by atomic mass is 32.1. The molecule has 0 aliphatic carbocycles. The number of hydrogen-bond acceptors (Lipinski definition) is 3. The normalized spacial score (nSPS) is 12.0. The van der Waals surface area contributed by atoms with Crippen molar-refractivity contribution in [3.63, 3.8) is 0 Å². The Morgan fingerprint density at radius 1 is 1.83 bits per heavy atom. The number of nitrogens with two attached hydrogens (primary N) is 1. The first-order chi connectivity index (χ1) is 2.81. The predicted molar refractivity (Wildman–Crippen MR) is 34.5 cm³/mol. The summed E-state index contributed by atoms with van der Waals surface area (Å²) in [6.07, 6.45) is 0. The molecule has 0 spiro atoms. The second-order valence-corrected chi connectivity index (χ2v) is 1.54. The maximum Gasteiger partial charge on any atom is 0.0994 e. The van der Waals surface area contributed by atoms with Gasteiger partial charge in [-0.25, -0.2) is 0 Å². The maximum absolute atomic E-state index is 4.75. The van der Waals surface area contributed by atoms with Gasteiger partial charge in [-0.3, -0.25) is 0 Å². The molecule has 0 bridgehead atoms. The minimum Gasteiger partial charge on any atom is -0.323 e. The summed E-state index contributed by atoms with van der Waals surface area (Å²) in [4.78, 5) is 0. The van der Waals surface area contributed by atoms with E-state index >= 15 is 0 Å². The van der Waals surface area contributed by atoms with E-state index in [1.807, 2.05) is 0 Å². The number of nitrogens with zero attached hydrogens (tertiary/aromatic N) is 1. The van der Waals surface area contributed by atoms with Gasteiger partial charge in [0.05, 0.1) is 5.04 Å². The molecule has 2 nitrogen and oxygen atoms in total. The molecule has 0 atom stereocenters. The average Bonchev–Trinajstić information content (AvgIpc) is 1.65. The fourth-order valence-electron chi connectivity index (χ4n) is 0.0408. The molecule has 6 heavy (non-hydrogen) atoms. The van der Waals surface area contributed by atoms with Crippen LogP contribution in [0.15, 0.2) is 5.10 Å². The van der Waals surface area contributed by atoms with Crippen molar-refractivity contribution in [2.24, 2.45) is 10.9 Å².